The van der Waals surface area contributed by atoms with Crippen molar-refractivity contribution in [1.82, 2.24) is 0 Å². The van der Waals surface area contributed by atoms with Gasteiger partial charge in [0.25, 0.3) is 0 Å². The van der Waals surface area contributed by atoms with E-state index in [0.29, 0.717) is 6.61 Å². The molecule has 0 spiro atoms. The Morgan fingerprint density at radius 2 is 1.38 bits per heavy atom. The maximum Gasteiger partial charge on any atom is 0.178 e. The zero-order valence-electron chi connectivity index (χ0n) is 9.14. The second-order valence-electron chi connectivity index (χ2n) is 3.48. The lowest BCUT2D eigenvalue weighted by atomic mass is 10.1. The number of hydrogen-bond acceptors (Lipinski definition) is 1. The van der Waals surface area contributed by atoms with E-state index in [4.69, 9.17) is 4.74 Å². The zero-order chi connectivity index (χ0) is 11.4. The molecule has 0 atom stereocenters. The van der Waals surface area contributed by atoms with Crippen molar-refractivity contribution in [2.45, 2.75) is 6.92 Å². The van der Waals surface area contributed by atoms with Crippen LogP contribution in [0.5, 0.6) is 11.5 Å². The van der Waals surface area contributed by atoms with Crippen LogP contribution >= 0.6 is 0 Å². The normalized spacial score (nSPS) is 10.1. The highest BCUT2D eigenvalue weighted by atomic mass is 16.5. The third kappa shape index (κ3) is 2.34. The van der Waals surface area contributed by atoms with Crippen LogP contribution in [0, 0.1) is 0 Å². The Kier molecular flexibility index (Phi) is 3.10. The summed E-state index contributed by atoms with van der Waals surface area (Å²) in [6, 6.07) is 14.7. The summed E-state index contributed by atoms with van der Waals surface area (Å²) >= 11 is 0. The fraction of sp³-hybridized carbons (Fsp3) is 0.143. The van der Waals surface area contributed by atoms with Gasteiger partial charge in [0.1, 0.15) is 5.75 Å². The maximum absolute atomic E-state index is 11.0. The topological polar surface area (TPSA) is 29.1 Å². The van der Waals surface area contributed by atoms with E-state index in [-0.39, 0.29) is 5.75 Å². The van der Waals surface area contributed by atoms with Gasteiger partial charge in [-0.2, -0.15) is 0 Å². The van der Waals surface area contributed by atoms with E-state index in [1.165, 1.54) is 0 Å². The Hall–Kier alpha value is -1.96. The van der Waals surface area contributed by atoms with E-state index >= 15 is 0 Å². The predicted octanol–water partition coefficient (Wildman–Crippen LogP) is 3.90. The van der Waals surface area contributed by atoms with Crippen LogP contribution in [0.25, 0.3) is 11.1 Å². The molecule has 2 heteroatoms. The largest absolute Gasteiger partial charge is 0.494 e. The van der Waals surface area contributed by atoms with Crippen molar-refractivity contribution in [3.05, 3.63) is 48.5 Å². The van der Waals surface area contributed by atoms with Gasteiger partial charge in [-0.05, 0) is 42.3 Å². The molecular weight excluding hydrogens is 200 g/mol. The SMILES string of the molecule is CCOc1ccc(-c2ccc([O])cc2)cc1. The van der Waals surface area contributed by atoms with Crippen LogP contribution in [-0.2, 0) is 5.11 Å². The highest BCUT2D eigenvalue weighted by Gasteiger charge is 1.98. The van der Waals surface area contributed by atoms with E-state index < -0.39 is 0 Å². The van der Waals surface area contributed by atoms with Gasteiger partial charge in [0, 0.05) is 0 Å². The third-order valence-electron chi connectivity index (χ3n) is 2.35. The molecule has 81 valence electrons. The minimum Gasteiger partial charge on any atom is -0.494 e. The summed E-state index contributed by atoms with van der Waals surface area (Å²) in [5.74, 6) is 0.904. The molecule has 2 rings (SSSR count). The molecule has 0 fully saturated rings. The molecule has 0 saturated heterocycles. The average molecular weight is 213 g/mol. The van der Waals surface area contributed by atoms with Gasteiger partial charge >= 0.3 is 0 Å². The minimum absolute atomic E-state index is 0.0367. The summed E-state index contributed by atoms with van der Waals surface area (Å²) in [5.41, 5.74) is 2.13. The number of ether oxygens (including phenoxy) is 1. The Labute approximate surface area is 95.1 Å². The molecule has 0 aliphatic heterocycles. The second kappa shape index (κ2) is 4.71. The smallest absolute Gasteiger partial charge is 0.178 e. The first kappa shape index (κ1) is 10.6. The van der Waals surface area contributed by atoms with Crippen molar-refractivity contribution in [3.8, 4) is 22.6 Å². The molecule has 2 aromatic carbocycles. The van der Waals surface area contributed by atoms with Gasteiger partial charge in [-0.15, -0.1) is 0 Å². The molecule has 0 aromatic heterocycles. The predicted molar refractivity (Wildman–Crippen MR) is 63.2 cm³/mol. The van der Waals surface area contributed by atoms with E-state index in [2.05, 4.69) is 0 Å². The third-order valence-corrected chi connectivity index (χ3v) is 2.35. The second-order valence-corrected chi connectivity index (χ2v) is 3.48. The van der Waals surface area contributed by atoms with E-state index in [1.54, 1.807) is 12.1 Å². The first-order chi connectivity index (χ1) is 7.79. The van der Waals surface area contributed by atoms with Gasteiger partial charge in [0.2, 0.25) is 0 Å². The summed E-state index contributed by atoms with van der Waals surface area (Å²) in [4.78, 5) is 0. The van der Waals surface area contributed by atoms with Crippen molar-refractivity contribution in [3.63, 3.8) is 0 Å². The van der Waals surface area contributed by atoms with Gasteiger partial charge in [0.15, 0.2) is 5.75 Å². The lowest BCUT2D eigenvalue weighted by molar-refractivity contribution is 0.340. The molecule has 0 N–H and O–H groups in total. The van der Waals surface area contributed by atoms with Gasteiger partial charge < -0.3 is 4.74 Å². The van der Waals surface area contributed by atoms with Crippen molar-refractivity contribution in [2.75, 3.05) is 6.61 Å². The highest BCUT2D eigenvalue weighted by molar-refractivity contribution is 5.64. The van der Waals surface area contributed by atoms with Crippen molar-refractivity contribution in [1.29, 1.82) is 0 Å². The minimum atomic E-state index is 0.0367. The fourth-order valence-corrected chi connectivity index (χ4v) is 1.56. The van der Waals surface area contributed by atoms with Crippen molar-refractivity contribution in [2.24, 2.45) is 0 Å². The molecule has 2 aromatic rings. The molecule has 0 heterocycles. The Morgan fingerprint density at radius 3 is 1.88 bits per heavy atom. The quantitative estimate of drug-likeness (QED) is 0.760. The molecular formula is C14H13O2. The maximum atomic E-state index is 11.0. The molecule has 0 saturated carbocycles. The number of rotatable bonds is 3. The highest BCUT2D eigenvalue weighted by Crippen LogP contribution is 2.24. The van der Waals surface area contributed by atoms with E-state index in [0.717, 1.165) is 16.9 Å². The molecule has 2 nitrogen and oxygen atoms in total. The van der Waals surface area contributed by atoms with Gasteiger partial charge in [-0.25, -0.2) is 0 Å². The fourth-order valence-electron chi connectivity index (χ4n) is 1.56. The monoisotopic (exact) mass is 213 g/mol. The zero-order valence-corrected chi connectivity index (χ0v) is 9.14. The lowest BCUT2D eigenvalue weighted by Crippen LogP contribution is -1.90. The average Bonchev–Trinajstić information content (AvgIpc) is 2.32. The van der Waals surface area contributed by atoms with Crippen LogP contribution in [0.1, 0.15) is 6.92 Å². The first-order valence-corrected chi connectivity index (χ1v) is 5.30. The first-order valence-electron chi connectivity index (χ1n) is 5.30. The summed E-state index contributed by atoms with van der Waals surface area (Å²) < 4.78 is 5.37. The van der Waals surface area contributed by atoms with Gasteiger partial charge in [-0.1, -0.05) is 24.3 Å². The Morgan fingerprint density at radius 1 is 0.875 bits per heavy atom. The molecule has 0 aliphatic carbocycles. The van der Waals surface area contributed by atoms with Crippen LogP contribution in [0.2, 0.25) is 0 Å². The molecule has 0 unspecified atom stereocenters. The lowest BCUT2D eigenvalue weighted by Gasteiger charge is -2.05. The number of hydrogen-bond donors (Lipinski definition) is 0. The van der Waals surface area contributed by atoms with Gasteiger partial charge in [0.05, 0.1) is 6.61 Å². The van der Waals surface area contributed by atoms with E-state index in [1.807, 2.05) is 43.3 Å². The Bertz CT molecular complexity index is 443. The number of benzene rings is 2. The molecule has 0 amide bonds. The summed E-state index contributed by atoms with van der Waals surface area (Å²) in [6.07, 6.45) is 0. The Balaban J connectivity index is 2.24. The molecule has 0 aliphatic rings. The van der Waals surface area contributed by atoms with E-state index in [9.17, 15) is 5.11 Å². The molecule has 16 heavy (non-hydrogen) atoms. The molecule has 1 radical (unpaired) electrons. The van der Waals surface area contributed by atoms with Gasteiger partial charge in [-0.3, -0.25) is 5.11 Å². The van der Waals surface area contributed by atoms with Crippen molar-refractivity contribution < 1.29 is 9.84 Å². The van der Waals surface area contributed by atoms with Crippen LogP contribution < -0.4 is 4.74 Å². The standard InChI is InChI=1S/C14H13O2/c1-2-16-14-9-5-12(6-10-14)11-3-7-13(15)8-4-11/h3-10H,2H2,1H3. The summed E-state index contributed by atoms with van der Waals surface area (Å²) in [6.45, 7) is 2.63. The van der Waals surface area contributed by atoms with Crippen LogP contribution in [-0.4, -0.2) is 6.61 Å². The summed E-state index contributed by atoms with van der Waals surface area (Å²) in [5, 5.41) is 11.0. The molecule has 0 bridgehead atoms. The van der Waals surface area contributed by atoms with Crippen LogP contribution in [0.15, 0.2) is 48.5 Å². The summed E-state index contributed by atoms with van der Waals surface area (Å²) in [7, 11) is 0. The van der Waals surface area contributed by atoms with Crippen LogP contribution in [0.4, 0.5) is 0 Å². The van der Waals surface area contributed by atoms with Crippen molar-refractivity contribution >= 4 is 0 Å². The van der Waals surface area contributed by atoms with Crippen LogP contribution in [0.3, 0.4) is 0 Å².